The molecule has 2 aliphatic heterocycles. The van der Waals surface area contributed by atoms with E-state index in [1.165, 1.54) is 25.9 Å². The topological polar surface area (TPSA) is 32.8 Å². The number of hydrogen-bond donors (Lipinski definition) is 0. The largest absolute Gasteiger partial charge is 0.457 e. The zero-order valence-electron chi connectivity index (χ0n) is 15.1. The van der Waals surface area contributed by atoms with Crippen LogP contribution in [0.5, 0.6) is 11.5 Å². The molecule has 0 saturated carbocycles. The van der Waals surface area contributed by atoms with E-state index in [0.29, 0.717) is 6.04 Å². The van der Waals surface area contributed by atoms with Crippen LogP contribution in [0.4, 0.5) is 0 Å². The fraction of sp³-hybridized carbons (Fsp3) is 0.409. The Labute approximate surface area is 155 Å². The minimum absolute atomic E-state index is 0.151. The van der Waals surface area contributed by atoms with Crippen LogP contribution < -0.4 is 4.74 Å². The number of amides is 1. The lowest BCUT2D eigenvalue weighted by Gasteiger charge is -2.28. The van der Waals surface area contributed by atoms with Gasteiger partial charge in [0.15, 0.2) is 0 Å². The third kappa shape index (κ3) is 3.91. The zero-order valence-corrected chi connectivity index (χ0v) is 15.1. The molecule has 0 bridgehead atoms. The van der Waals surface area contributed by atoms with Gasteiger partial charge >= 0.3 is 0 Å². The van der Waals surface area contributed by atoms with Crippen molar-refractivity contribution in [3.05, 3.63) is 60.2 Å². The molecule has 0 unspecified atom stereocenters. The first-order valence-electron chi connectivity index (χ1n) is 9.66. The smallest absolute Gasteiger partial charge is 0.254 e. The Morgan fingerprint density at radius 2 is 1.58 bits per heavy atom. The average Bonchev–Trinajstić information content (AvgIpc) is 3.35. The van der Waals surface area contributed by atoms with E-state index in [2.05, 4.69) is 9.80 Å². The molecule has 2 heterocycles. The van der Waals surface area contributed by atoms with Gasteiger partial charge in [-0.1, -0.05) is 18.2 Å². The lowest BCUT2D eigenvalue weighted by Crippen LogP contribution is -2.42. The molecule has 0 aromatic heterocycles. The minimum Gasteiger partial charge on any atom is -0.457 e. The van der Waals surface area contributed by atoms with Crippen LogP contribution in [0.25, 0.3) is 0 Å². The number of hydrogen-bond acceptors (Lipinski definition) is 3. The van der Waals surface area contributed by atoms with Gasteiger partial charge in [-0.3, -0.25) is 4.79 Å². The van der Waals surface area contributed by atoms with E-state index in [4.69, 9.17) is 4.74 Å². The van der Waals surface area contributed by atoms with Crippen molar-refractivity contribution in [2.45, 2.75) is 31.7 Å². The van der Waals surface area contributed by atoms with Crippen molar-refractivity contribution in [1.82, 2.24) is 9.80 Å². The summed E-state index contributed by atoms with van der Waals surface area (Å²) in [5, 5.41) is 0. The van der Waals surface area contributed by atoms with E-state index >= 15 is 0 Å². The van der Waals surface area contributed by atoms with E-state index in [0.717, 1.165) is 43.0 Å². The number of ether oxygens (including phenoxy) is 1. The number of rotatable bonds is 5. The Bertz CT molecular complexity index is 724. The van der Waals surface area contributed by atoms with Gasteiger partial charge in [-0.2, -0.15) is 0 Å². The van der Waals surface area contributed by atoms with E-state index < -0.39 is 0 Å². The maximum atomic E-state index is 13.0. The van der Waals surface area contributed by atoms with E-state index in [9.17, 15) is 4.79 Å². The molecule has 0 aliphatic carbocycles. The molecular formula is C22H26N2O2. The molecule has 2 saturated heterocycles. The number of para-hydroxylation sites is 1. The van der Waals surface area contributed by atoms with Crippen LogP contribution in [-0.2, 0) is 0 Å². The molecule has 2 aromatic rings. The summed E-state index contributed by atoms with van der Waals surface area (Å²) in [6.45, 7) is 4.27. The fourth-order valence-electron chi connectivity index (χ4n) is 4.01. The second kappa shape index (κ2) is 7.92. The number of nitrogens with zero attached hydrogens (tertiary/aromatic N) is 2. The number of carbonyl (C=O) groups is 1. The van der Waals surface area contributed by atoms with Crippen LogP contribution in [-0.4, -0.2) is 47.9 Å². The molecule has 4 heteroatoms. The third-order valence-corrected chi connectivity index (χ3v) is 5.39. The van der Waals surface area contributed by atoms with Gasteiger partial charge in [0.05, 0.1) is 0 Å². The zero-order chi connectivity index (χ0) is 17.8. The minimum atomic E-state index is 0.151. The van der Waals surface area contributed by atoms with Crippen molar-refractivity contribution in [2.24, 2.45) is 0 Å². The summed E-state index contributed by atoms with van der Waals surface area (Å²) in [6, 6.07) is 17.6. The first-order valence-corrected chi connectivity index (χ1v) is 9.66. The monoisotopic (exact) mass is 350 g/mol. The second-order valence-corrected chi connectivity index (χ2v) is 7.24. The Morgan fingerprint density at radius 3 is 2.31 bits per heavy atom. The van der Waals surface area contributed by atoms with Gasteiger partial charge in [-0.15, -0.1) is 0 Å². The molecule has 2 aliphatic rings. The van der Waals surface area contributed by atoms with Crippen LogP contribution in [0.1, 0.15) is 36.0 Å². The molecule has 0 spiro atoms. The average molecular weight is 350 g/mol. The lowest BCUT2D eigenvalue weighted by molar-refractivity contribution is 0.0709. The van der Waals surface area contributed by atoms with Gasteiger partial charge in [-0.25, -0.2) is 0 Å². The summed E-state index contributed by atoms with van der Waals surface area (Å²) in [5.41, 5.74) is 0.749. The van der Waals surface area contributed by atoms with Crippen LogP contribution in [0, 0.1) is 0 Å². The molecular weight excluding hydrogens is 324 g/mol. The molecule has 2 aromatic carbocycles. The summed E-state index contributed by atoms with van der Waals surface area (Å²) in [5.74, 6) is 1.71. The SMILES string of the molecule is O=C(c1ccc(Oc2ccccc2)cc1)N1CCC[C@H]1CN1CCCC1. The van der Waals surface area contributed by atoms with Gasteiger partial charge in [0.25, 0.3) is 5.91 Å². The molecule has 1 amide bonds. The van der Waals surface area contributed by atoms with Gasteiger partial charge < -0.3 is 14.5 Å². The lowest BCUT2D eigenvalue weighted by atomic mass is 10.1. The highest BCUT2D eigenvalue weighted by Gasteiger charge is 2.31. The summed E-state index contributed by atoms with van der Waals surface area (Å²) in [4.78, 5) is 17.5. The maximum absolute atomic E-state index is 13.0. The maximum Gasteiger partial charge on any atom is 0.254 e. The summed E-state index contributed by atoms with van der Waals surface area (Å²) in [7, 11) is 0. The Kier molecular flexibility index (Phi) is 5.21. The van der Waals surface area contributed by atoms with Crippen LogP contribution >= 0.6 is 0 Å². The van der Waals surface area contributed by atoms with Crippen LogP contribution in [0.15, 0.2) is 54.6 Å². The molecule has 4 rings (SSSR count). The molecule has 4 nitrogen and oxygen atoms in total. The Morgan fingerprint density at radius 1 is 0.885 bits per heavy atom. The van der Waals surface area contributed by atoms with Gasteiger partial charge in [0, 0.05) is 24.7 Å². The third-order valence-electron chi connectivity index (χ3n) is 5.39. The summed E-state index contributed by atoms with van der Waals surface area (Å²) >= 11 is 0. The number of likely N-dealkylation sites (tertiary alicyclic amines) is 2. The molecule has 26 heavy (non-hydrogen) atoms. The van der Waals surface area contributed by atoms with Gasteiger partial charge in [0.1, 0.15) is 11.5 Å². The van der Waals surface area contributed by atoms with Crippen molar-refractivity contribution in [2.75, 3.05) is 26.2 Å². The predicted molar refractivity (Wildman–Crippen MR) is 103 cm³/mol. The standard InChI is InChI=1S/C22H26N2O2/c25-22(24-16-6-7-19(24)17-23-14-4-5-15-23)18-10-12-21(13-11-18)26-20-8-2-1-3-9-20/h1-3,8-13,19H,4-7,14-17H2/t19-/m0/s1. The summed E-state index contributed by atoms with van der Waals surface area (Å²) < 4.78 is 5.82. The first-order chi connectivity index (χ1) is 12.8. The van der Waals surface area contributed by atoms with Crippen molar-refractivity contribution in [3.8, 4) is 11.5 Å². The number of carbonyl (C=O) groups excluding carboxylic acids is 1. The quantitative estimate of drug-likeness (QED) is 0.811. The predicted octanol–water partition coefficient (Wildman–Crippen LogP) is 4.18. The van der Waals surface area contributed by atoms with E-state index in [1.54, 1.807) is 0 Å². The molecule has 136 valence electrons. The second-order valence-electron chi connectivity index (χ2n) is 7.24. The summed E-state index contributed by atoms with van der Waals surface area (Å²) in [6.07, 6.45) is 4.82. The van der Waals surface area contributed by atoms with Crippen molar-refractivity contribution < 1.29 is 9.53 Å². The van der Waals surface area contributed by atoms with E-state index in [1.807, 2.05) is 54.6 Å². The van der Waals surface area contributed by atoms with Crippen molar-refractivity contribution in [3.63, 3.8) is 0 Å². The van der Waals surface area contributed by atoms with Gasteiger partial charge in [0.2, 0.25) is 0 Å². The Hall–Kier alpha value is -2.33. The first kappa shape index (κ1) is 17.1. The molecule has 0 radical (unpaired) electrons. The fourth-order valence-corrected chi connectivity index (χ4v) is 4.01. The Balaban J connectivity index is 1.40. The highest BCUT2D eigenvalue weighted by Crippen LogP contribution is 2.25. The van der Waals surface area contributed by atoms with Crippen LogP contribution in [0.3, 0.4) is 0 Å². The van der Waals surface area contributed by atoms with Crippen molar-refractivity contribution in [1.29, 1.82) is 0 Å². The highest BCUT2D eigenvalue weighted by molar-refractivity contribution is 5.94. The molecule has 1 atom stereocenters. The van der Waals surface area contributed by atoms with Crippen molar-refractivity contribution >= 4 is 5.91 Å². The molecule has 0 N–H and O–H groups in total. The van der Waals surface area contributed by atoms with Gasteiger partial charge in [-0.05, 0) is 75.2 Å². The van der Waals surface area contributed by atoms with Crippen LogP contribution in [0.2, 0.25) is 0 Å². The highest BCUT2D eigenvalue weighted by atomic mass is 16.5. The number of benzene rings is 2. The molecule has 2 fully saturated rings. The normalized spacial score (nSPS) is 20.5. The van der Waals surface area contributed by atoms with E-state index in [-0.39, 0.29) is 5.91 Å².